The smallest absolute Gasteiger partial charge is 0.251 e. The normalized spacial score (nSPS) is 15.9. The third-order valence-corrected chi connectivity index (χ3v) is 4.48. The van der Waals surface area contributed by atoms with Gasteiger partial charge in [0.25, 0.3) is 5.91 Å². The van der Waals surface area contributed by atoms with E-state index in [0.717, 1.165) is 37.5 Å². The standard InChI is InChI=1S/C13H21N3OS/c1-8(2)3-5-16-6-4-9-10(7-16)18-13(15)11(9)12(14)17/h8H,3-7,15H2,1-2H3,(H2,14,17). The van der Waals surface area contributed by atoms with Crippen LogP contribution in [-0.2, 0) is 13.0 Å². The maximum atomic E-state index is 11.4. The van der Waals surface area contributed by atoms with Crippen LogP contribution in [0.4, 0.5) is 5.00 Å². The Morgan fingerprint density at radius 2 is 2.22 bits per heavy atom. The molecule has 5 heteroatoms. The molecule has 0 radical (unpaired) electrons. The maximum Gasteiger partial charge on any atom is 0.251 e. The van der Waals surface area contributed by atoms with Gasteiger partial charge in [-0.3, -0.25) is 9.69 Å². The maximum absolute atomic E-state index is 11.4. The van der Waals surface area contributed by atoms with Crippen molar-refractivity contribution in [2.75, 3.05) is 18.8 Å². The molecular weight excluding hydrogens is 246 g/mol. The van der Waals surface area contributed by atoms with E-state index in [0.29, 0.717) is 10.6 Å². The first-order chi connectivity index (χ1) is 8.49. The molecule has 1 aromatic heterocycles. The Kier molecular flexibility index (Phi) is 3.92. The summed E-state index contributed by atoms with van der Waals surface area (Å²) in [6.07, 6.45) is 2.10. The molecule has 4 N–H and O–H groups in total. The summed E-state index contributed by atoms with van der Waals surface area (Å²) in [7, 11) is 0. The first-order valence-electron chi connectivity index (χ1n) is 6.41. The summed E-state index contributed by atoms with van der Waals surface area (Å²) in [6, 6.07) is 0. The van der Waals surface area contributed by atoms with Crippen LogP contribution in [0.5, 0.6) is 0 Å². The molecule has 0 fully saturated rings. The van der Waals surface area contributed by atoms with Gasteiger partial charge >= 0.3 is 0 Å². The quantitative estimate of drug-likeness (QED) is 0.874. The van der Waals surface area contributed by atoms with Gasteiger partial charge in [-0.05, 0) is 30.9 Å². The summed E-state index contributed by atoms with van der Waals surface area (Å²) in [5.41, 5.74) is 12.9. The van der Waals surface area contributed by atoms with Gasteiger partial charge in [0.1, 0.15) is 0 Å². The van der Waals surface area contributed by atoms with Crippen LogP contribution in [0.15, 0.2) is 0 Å². The molecule has 0 unspecified atom stereocenters. The van der Waals surface area contributed by atoms with Crippen molar-refractivity contribution in [3.05, 3.63) is 16.0 Å². The SMILES string of the molecule is CC(C)CCN1CCc2c(sc(N)c2C(N)=O)C1. The average molecular weight is 267 g/mol. The number of amides is 1. The lowest BCUT2D eigenvalue weighted by Gasteiger charge is -2.27. The largest absolute Gasteiger partial charge is 0.390 e. The Morgan fingerprint density at radius 3 is 2.83 bits per heavy atom. The van der Waals surface area contributed by atoms with Gasteiger partial charge < -0.3 is 11.5 Å². The van der Waals surface area contributed by atoms with Crippen LogP contribution in [-0.4, -0.2) is 23.9 Å². The summed E-state index contributed by atoms with van der Waals surface area (Å²) in [6.45, 7) is 7.49. The lowest BCUT2D eigenvalue weighted by molar-refractivity contribution is 0.1000. The van der Waals surface area contributed by atoms with Gasteiger partial charge in [0.05, 0.1) is 10.6 Å². The molecule has 18 heavy (non-hydrogen) atoms. The number of nitrogen functional groups attached to an aromatic ring is 1. The Balaban J connectivity index is 2.11. The second kappa shape index (κ2) is 5.28. The minimum Gasteiger partial charge on any atom is -0.390 e. The second-order valence-corrected chi connectivity index (χ2v) is 6.45. The number of thiophene rings is 1. The lowest BCUT2D eigenvalue weighted by Crippen LogP contribution is -2.32. The van der Waals surface area contributed by atoms with E-state index >= 15 is 0 Å². The Hall–Kier alpha value is -1.07. The van der Waals surface area contributed by atoms with Crippen molar-refractivity contribution in [1.82, 2.24) is 4.90 Å². The van der Waals surface area contributed by atoms with E-state index in [9.17, 15) is 4.79 Å². The number of carbonyl (C=O) groups is 1. The molecule has 1 amide bonds. The zero-order valence-corrected chi connectivity index (χ0v) is 11.8. The van der Waals surface area contributed by atoms with E-state index < -0.39 is 0 Å². The Morgan fingerprint density at radius 1 is 1.50 bits per heavy atom. The fourth-order valence-electron chi connectivity index (χ4n) is 2.38. The van der Waals surface area contributed by atoms with Crippen LogP contribution < -0.4 is 11.5 Å². The third-order valence-electron chi connectivity index (χ3n) is 3.43. The highest BCUT2D eigenvalue weighted by molar-refractivity contribution is 7.16. The molecule has 0 saturated heterocycles. The molecule has 4 nitrogen and oxygen atoms in total. The highest BCUT2D eigenvalue weighted by Crippen LogP contribution is 2.34. The van der Waals surface area contributed by atoms with Gasteiger partial charge in [0, 0.05) is 18.0 Å². The average Bonchev–Trinajstić information content (AvgIpc) is 2.61. The van der Waals surface area contributed by atoms with Crippen molar-refractivity contribution in [2.24, 2.45) is 11.7 Å². The van der Waals surface area contributed by atoms with Crippen LogP contribution in [0.2, 0.25) is 0 Å². The number of primary amides is 1. The highest BCUT2D eigenvalue weighted by Gasteiger charge is 2.25. The summed E-state index contributed by atoms with van der Waals surface area (Å²) in [5, 5.41) is 0.582. The molecule has 100 valence electrons. The number of nitrogens with zero attached hydrogens (tertiary/aromatic N) is 1. The predicted molar refractivity (Wildman–Crippen MR) is 75.7 cm³/mol. The van der Waals surface area contributed by atoms with Crippen molar-refractivity contribution in [3.8, 4) is 0 Å². The molecule has 0 bridgehead atoms. The molecule has 0 aliphatic carbocycles. The van der Waals surface area contributed by atoms with Crippen LogP contribution >= 0.6 is 11.3 Å². The molecule has 1 aliphatic rings. The number of fused-ring (bicyclic) bond motifs is 1. The van der Waals surface area contributed by atoms with Gasteiger partial charge in [-0.15, -0.1) is 11.3 Å². The van der Waals surface area contributed by atoms with E-state index in [1.54, 1.807) is 0 Å². The van der Waals surface area contributed by atoms with Gasteiger partial charge in [-0.25, -0.2) is 0 Å². The Labute approximate surface area is 112 Å². The number of hydrogen-bond acceptors (Lipinski definition) is 4. The summed E-state index contributed by atoms with van der Waals surface area (Å²) < 4.78 is 0. The molecule has 0 spiro atoms. The van der Waals surface area contributed by atoms with Crippen LogP contribution in [0, 0.1) is 5.92 Å². The van der Waals surface area contributed by atoms with Crippen molar-refractivity contribution in [1.29, 1.82) is 0 Å². The van der Waals surface area contributed by atoms with Crippen LogP contribution in [0.25, 0.3) is 0 Å². The number of rotatable bonds is 4. The predicted octanol–water partition coefficient (Wildman–Crippen LogP) is 1.83. The van der Waals surface area contributed by atoms with E-state index in [1.807, 2.05) is 0 Å². The van der Waals surface area contributed by atoms with Crippen molar-refractivity contribution in [2.45, 2.75) is 33.2 Å². The fourth-order valence-corrected chi connectivity index (χ4v) is 3.55. The first kappa shape index (κ1) is 13.4. The molecule has 1 aliphatic heterocycles. The highest BCUT2D eigenvalue weighted by atomic mass is 32.1. The molecule has 0 atom stereocenters. The van der Waals surface area contributed by atoms with E-state index in [1.165, 1.54) is 22.6 Å². The van der Waals surface area contributed by atoms with Gasteiger partial charge in [0.15, 0.2) is 0 Å². The van der Waals surface area contributed by atoms with Crippen molar-refractivity contribution >= 4 is 22.2 Å². The minimum atomic E-state index is -0.388. The second-order valence-electron chi connectivity index (χ2n) is 5.32. The molecule has 0 aromatic carbocycles. The van der Waals surface area contributed by atoms with Gasteiger partial charge in [0.2, 0.25) is 0 Å². The number of hydrogen-bond donors (Lipinski definition) is 2. The zero-order chi connectivity index (χ0) is 13.3. The molecule has 2 heterocycles. The zero-order valence-electron chi connectivity index (χ0n) is 11.0. The number of nitrogens with two attached hydrogens (primary N) is 2. The molecular formula is C13H21N3OS. The lowest BCUT2D eigenvalue weighted by atomic mass is 10.0. The third kappa shape index (κ3) is 2.67. The van der Waals surface area contributed by atoms with E-state index in [-0.39, 0.29) is 5.91 Å². The first-order valence-corrected chi connectivity index (χ1v) is 7.22. The Bertz CT molecular complexity index is 453. The molecule has 2 rings (SSSR count). The van der Waals surface area contributed by atoms with Crippen molar-refractivity contribution in [3.63, 3.8) is 0 Å². The summed E-state index contributed by atoms with van der Waals surface area (Å²) in [5.74, 6) is 0.335. The van der Waals surface area contributed by atoms with Crippen LogP contribution in [0.1, 0.15) is 41.1 Å². The van der Waals surface area contributed by atoms with E-state index in [2.05, 4.69) is 18.7 Å². The molecule has 0 saturated carbocycles. The van der Waals surface area contributed by atoms with Gasteiger partial charge in [-0.2, -0.15) is 0 Å². The number of anilines is 1. The monoisotopic (exact) mass is 267 g/mol. The topological polar surface area (TPSA) is 72.3 Å². The van der Waals surface area contributed by atoms with Crippen LogP contribution in [0.3, 0.4) is 0 Å². The summed E-state index contributed by atoms with van der Waals surface area (Å²) in [4.78, 5) is 15.0. The number of carbonyl (C=O) groups excluding carboxylic acids is 1. The van der Waals surface area contributed by atoms with E-state index in [4.69, 9.17) is 11.5 Å². The fraction of sp³-hybridized carbons (Fsp3) is 0.615. The molecule has 1 aromatic rings. The minimum absolute atomic E-state index is 0.388. The summed E-state index contributed by atoms with van der Waals surface area (Å²) >= 11 is 1.52. The van der Waals surface area contributed by atoms with Crippen molar-refractivity contribution < 1.29 is 4.79 Å². The van der Waals surface area contributed by atoms with Gasteiger partial charge in [-0.1, -0.05) is 13.8 Å².